The number of carbonyl (C=O) groups excluding carboxylic acids is 1. The number of hydrogen-bond donors (Lipinski definition) is 2. The lowest BCUT2D eigenvalue weighted by Gasteiger charge is -2.28. The Balaban J connectivity index is 1.56. The first-order chi connectivity index (χ1) is 8.83. The van der Waals surface area contributed by atoms with Crippen molar-refractivity contribution in [1.29, 1.82) is 0 Å². The lowest BCUT2D eigenvalue weighted by atomic mass is 9.85. The highest BCUT2D eigenvalue weighted by Gasteiger charge is 2.25. The molecule has 1 aromatic carbocycles. The van der Waals surface area contributed by atoms with Gasteiger partial charge in [-0.1, -0.05) is 24.6 Å². The standard InChI is InChI=1S/C15H20N2O/c18-15(17-9-11-4-3-5-11)13-8-12-6-1-2-7-14(12)16-10-13/h1-2,6-7,11,13,16H,3-5,8-10H2,(H,17,18). The highest BCUT2D eigenvalue weighted by atomic mass is 16.1. The number of fused-ring (bicyclic) bond motifs is 1. The van der Waals surface area contributed by atoms with E-state index in [2.05, 4.69) is 22.8 Å². The zero-order chi connectivity index (χ0) is 12.4. The first-order valence-corrected chi connectivity index (χ1v) is 6.92. The van der Waals surface area contributed by atoms with Gasteiger partial charge >= 0.3 is 0 Å². The smallest absolute Gasteiger partial charge is 0.225 e. The number of anilines is 1. The van der Waals surface area contributed by atoms with Gasteiger partial charge < -0.3 is 10.6 Å². The summed E-state index contributed by atoms with van der Waals surface area (Å²) in [6.07, 6.45) is 4.76. The lowest BCUT2D eigenvalue weighted by molar-refractivity contribution is -0.125. The average molecular weight is 244 g/mol. The Bertz CT molecular complexity index is 440. The minimum atomic E-state index is 0.0833. The van der Waals surface area contributed by atoms with Crippen LogP contribution in [0.4, 0.5) is 5.69 Å². The van der Waals surface area contributed by atoms with Crippen LogP contribution in [-0.4, -0.2) is 19.0 Å². The summed E-state index contributed by atoms with van der Waals surface area (Å²) < 4.78 is 0. The molecule has 1 aromatic rings. The number of carbonyl (C=O) groups is 1. The second kappa shape index (κ2) is 5.01. The summed E-state index contributed by atoms with van der Waals surface area (Å²) in [7, 11) is 0. The van der Waals surface area contributed by atoms with Gasteiger partial charge in [0.05, 0.1) is 5.92 Å². The molecular formula is C15H20N2O. The maximum atomic E-state index is 12.1. The van der Waals surface area contributed by atoms with Crippen molar-refractivity contribution in [3.05, 3.63) is 29.8 Å². The summed E-state index contributed by atoms with van der Waals surface area (Å²) in [5, 5.41) is 6.45. The first-order valence-electron chi connectivity index (χ1n) is 6.92. The molecule has 0 saturated heterocycles. The second-order valence-electron chi connectivity index (χ2n) is 5.48. The first kappa shape index (κ1) is 11.6. The highest BCUT2D eigenvalue weighted by Crippen LogP contribution is 2.26. The summed E-state index contributed by atoms with van der Waals surface area (Å²) >= 11 is 0. The van der Waals surface area contributed by atoms with Gasteiger partial charge in [-0.25, -0.2) is 0 Å². The van der Waals surface area contributed by atoms with Crippen LogP contribution in [0.3, 0.4) is 0 Å². The van der Waals surface area contributed by atoms with Crippen LogP contribution in [0.5, 0.6) is 0 Å². The number of para-hydroxylation sites is 1. The van der Waals surface area contributed by atoms with E-state index in [-0.39, 0.29) is 11.8 Å². The molecule has 0 spiro atoms. The number of nitrogens with one attached hydrogen (secondary N) is 2. The van der Waals surface area contributed by atoms with E-state index in [4.69, 9.17) is 0 Å². The van der Waals surface area contributed by atoms with E-state index >= 15 is 0 Å². The van der Waals surface area contributed by atoms with Crippen LogP contribution in [0.25, 0.3) is 0 Å². The normalized spacial score (nSPS) is 22.6. The summed E-state index contributed by atoms with van der Waals surface area (Å²) in [4.78, 5) is 12.1. The zero-order valence-corrected chi connectivity index (χ0v) is 10.6. The third-order valence-electron chi connectivity index (χ3n) is 4.18. The van der Waals surface area contributed by atoms with Crippen molar-refractivity contribution in [2.45, 2.75) is 25.7 Å². The maximum absolute atomic E-state index is 12.1. The van der Waals surface area contributed by atoms with Crippen molar-refractivity contribution in [2.24, 2.45) is 11.8 Å². The van der Waals surface area contributed by atoms with E-state index in [1.807, 2.05) is 12.1 Å². The van der Waals surface area contributed by atoms with E-state index in [0.29, 0.717) is 0 Å². The molecule has 1 aliphatic carbocycles. The Morgan fingerprint density at radius 3 is 2.94 bits per heavy atom. The average Bonchev–Trinajstić information content (AvgIpc) is 2.36. The molecule has 1 atom stereocenters. The summed E-state index contributed by atoms with van der Waals surface area (Å²) in [6.45, 7) is 1.63. The van der Waals surface area contributed by atoms with Gasteiger partial charge in [-0.15, -0.1) is 0 Å². The molecule has 1 aliphatic heterocycles. The molecular weight excluding hydrogens is 224 g/mol. The number of benzene rings is 1. The fourth-order valence-electron chi connectivity index (χ4n) is 2.71. The Kier molecular flexibility index (Phi) is 3.22. The molecule has 2 aliphatic rings. The zero-order valence-electron chi connectivity index (χ0n) is 10.6. The van der Waals surface area contributed by atoms with Crippen LogP contribution in [0.15, 0.2) is 24.3 Å². The topological polar surface area (TPSA) is 41.1 Å². The fourth-order valence-corrected chi connectivity index (χ4v) is 2.71. The van der Waals surface area contributed by atoms with E-state index in [1.54, 1.807) is 0 Å². The molecule has 0 bridgehead atoms. The second-order valence-corrected chi connectivity index (χ2v) is 5.48. The Morgan fingerprint density at radius 2 is 2.17 bits per heavy atom. The molecule has 1 heterocycles. The van der Waals surface area contributed by atoms with Gasteiger partial charge in [0.25, 0.3) is 0 Å². The maximum Gasteiger partial charge on any atom is 0.225 e. The number of amides is 1. The molecule has 3 rings (SSSR count). The molecule has 18 heavy (non-hydrogen) atoms. The van der Waals surface area contributed by atoms with Crippen LogP contribution in [-0.2, 0) is 11.2 Å². The Hall–Kier alpha value is -1.51. The van der Waals surface area contributed by atoms with E-state index in [1.165, 1.54) is 30.5 Å². The van der Waals surface area contributed by atoms with Crippen LogP contribution in [0.2, 0.25) is 0 Å². The summed E-state index contributed by atoms with van der Waals surface area (Å²) in [5.41, 5.74) is 2.44. The molecule has 1 amide bonds. The molecule has 1 fully saturated rings. The van der Waals surface area contributed by atoms with Crippen molar-refractivity contribution in [2.75, 3.05) is 18.4 Å². The van der Waals surface area contributed by atoms with E-state index in [0.717, 1.165) is 25.4 Å². The molecule has 2 N–H and O–H groups in total. The van der Waals surface area contributed by atoms with Crippen molar-refractivity contribution in [1.82, 2.24) is 5.32 Å². The van der Waals surface area contributed by atoms with E-state index < -0.39 is 0 Å². The van der Waals surface area contributed by atoms with Gasteiger partial charge in [0, 0.05) is 18.8 Å². The van der Waals surface area contributed by atoms with Crippen LogP contribution < -0.4 is 10.6 Å². The highest BCUT2D eigenvalue weighted by molar-refractivity contribution is 5.80. The van der Waals surface area contributed by atoms with Gasteiger partial charge in [-0.05, 0) is 36.8 Å². The van der Waals surface area contributed by atoms with Crippen molar-refractivity contribution in [3.8, 4) is 0 Å². The third-order valence-corrected chi connectivity index (χ3v) is 4.18. The molecule has 96 valence electrons. The monoisotopic (exact) mass is 244 g/mol. The van der Waals surface area contributed by atoms with Crippen molar-refractivity contribution >= 4 is 11.6 Å². The fraction of sp³-hybridized carbons (Fsp3) is 0.533. The Morgan fingerprint density at radius 1 is 1.33 bits per heavy atom. The summed E-state index contributed by atoms with van der Waals surface area (Å²) in [5.74, 6) is 1.03. The third kappa shape index (κ3) is 2.35. The summed E-state index contributed by atoms with van der Waals surface area (Å²) in [6, 6.07) is 8.25. The molecule has 0 radical (unpaired) electrons. The SMILES string of the molecule is O=C(NCC1CCC1)C1CNc2ccccc2C1. The van der Waals surface area contributed by atoms with Gasteiger partial charge in [0.15, 0.2) is 0 Å². The number of hydrogen-bond acceptors (Lipinski definition) is 2. The van der Waals surface area contributed by atoms with Crippen LogP contribution >= 0.6 is 0 Å². The van der Waals surface area contributed by atoms with Crippen molar-refractivity contribution in [3.63, 3.8) is 0 Å². The van der Waals surface area contributed by atoms with Gasteiger partial charge in [0.2, 0.25) is 5.91 Å². The van der Waals surface area contributed by atoms with Gasteiger partial charge in [-0.2, -0.15) is 0 Å². The predicted molar refractivity (Wildman–Crippen MR) is 72.5 cm³/mol. The van der Waals surface area contributed by atoms with Gasteiger partial charge in [-0.3, -0.25) is 4.79 Å². The van der Waals surface area contributed by atoms with Gasteiger partial charge in [0.1, 0.15) is 0 Å². The minimum Gasteiger partial charge on any atom is -0.384 e. The molecule has 3 heteroatoms. The lowest BCUT2D eigenvalue weighted by Crippen LogP contribution is -2.41. The number of rotatable bonds is 3. The predicted octanol–water partition coefficient (Wildman–Crippen LogP) is 2.19. The molecule has 1 unspecified atom stereocenters. The van der Waals surface area contributed by atoms with Crippen LogP contribution in [0, 0.1) is 11.8 Å². The quantitative estimate of drug-likeness (QED) is 0.855. The Labute approximate surface area is 108 Å². The van der Waals surface area contributed by atoms with Crippen molar-refractivity contribution < 1.29 is 4.79 Å². The van der Waals surface area contributed by atoms with E-state index in [9.17, 15) is 4.79 Å². The molecule has 1 saturated carbocycles. The minimum absolute atomic E-state index is 0.0833. The molecule has 3 nitrogen and oxygen atoms in total. The largest absolute Gasteiger partial charge is 0.384 e. The van der Waals surface area contributed by atoms with Crippen LogP contribution in [0.1, 0.15) is 24.8 Å². The molecule has 0 aromatic heterocycles.